The predicted molar refractivity (Wildman–Crippen MR) is 130 cm³/mol. The lowest BCUT2D eigenvalue weighted by molar-refractivity contribution is -0.121. The van der Waals surface area contributed by atoms with Crippen LogP contribution in [0.3, 0.4) is 0 Å². The number of Topliss-reactive ketones (excluding diaryl/α,β-unsaturated/α-hetero) is 1. The van der Waals surface area contributed by atoms with Crippen LogP contribution < -0.4 is 15.5 Å². The van der Waals surface area contributed by atoms with Crippen LogP contribution >= 0.6 is 11.3 Å². The number of hydrogen-bond donors (Lipinski definition) is 2. The first-order valence-electron chi connectivity index (χ1n) is 11.1. The van der Waals surface area contributed by atoms with Crippen LogP contribution in [0.25, 0.3) is 0 Å². The summed E-state index contributed by atoms with van der Waals surface area (Å²) in [7, 11) is 0. The van der Waals surface area contributed by atoms with E-state index in [9.17, 15) is 9.59 Å². The monoisotopic (exact) mass is 461 g/mol. The fourth-order valence-electron chi connectivity index (χ4n) is 4.78. The van der Waals surface area contributed by atoms with Gasteiger partial charge in [0.15, 0.2) is 5.78 Å². The normalized spacial score (nSPS) is 19.4. The third-order valence-electron chi connectivity index (χ3n) is 6.17. The summed E-state index contributed by atoms with van der Waals surface area (Å²) in [6.45, 7) is 4.71. The summed E-state index contributed by atoms with van der Waals surface area (Å²) in [5.74, 6) is 0.710. The molecule has 0 bridgehead atoms. The lowest BCUT2D eigenvalue weighted by Crippen LogP contribution is -2.41. The Bertz CT molecular complexity index is 1200. The van der Waals surface area contributed by atoms with E-state index in [4.69, 9.17) is 4.42 Å². The minimum absolute atomic E-state index is 0.118. The highest BCUT2D eigenvalue weighted by atomic mass is 32.1. The van der Waals surface area contributed by atoms with Gasteiger partial charge in [0, 0.05) is 22.6 Å². The van der Waals surface area contributed by atoms with E-state index in [0.717, 1.165) is 33.9 Å². The summed E-state index contributed by atoms with van der Waals surface area (Å²) in [5.41, 5.74) is 3.43. The zero-order valence-electron chi connectivity index (χ0n) is 18.8. The van der Waals surface area contributed by atoms with E-state index >= 15 is 0 Å². The molecule has 33 heavy (non-hydrogen) atoms. The van der Waals surface area contributed by atoms with E-state index in [0.29, 0.717) is 18.7 Å². The van der Waals surface area contributed by atoms with E-state index in [-0.39, 0.29) is 29.7 Å². The number of carbonyl (C=O) groups is 2. The van der Waals surface area contributed by atoms with Crippen molar-refractivity contribution in [1.82, 2.24) is 5.32 Å². The number of para-hydroxylation sites is 2. The summed E-state index contributed by atoms with van der Waals surface area (Å²) < 4.78 is 5.35. The zero-order chi connectivity index (χ0) is 23.0. The predicted octanol–water partition coefficient (Wildman–Crippen LogP) is 5.27. The lowest BCUT2D eigenvalue weighted by atomic mass is 9.74. The van der Waals surface area contributed by atoms with Crippen LogP contribution in [0, 0.1) is 5.41 Å². The first kappa shape index (κ1) is 21.5. The maximum atomic E-state index is 13.5. The Morgan fingerprint density at radius 3 is 2.79 bits per heavy atom. The molecule has 0 spiro atoms. The van der Waals surface area contributed by atoms with E-state index in [1.165, 1.54) is 0 Å². The molecule has 1 aliphatic heterocycles. The summed E-state index contributed by atoms with van der Waals surface area (Å²) in [4.78, 5) is 29.7. The van der Waals surface area contributed by atoms with Gasteiger partial charge in [0.25, 0.3) is 0 Å². The minimum Gasteiger partial charge on any atom is -0.467 e. The Morgan fingerprint density at radius 1 is 1.18 bits per heavy atom. The smallest absolute Gasteiger partial charge is 0.239 e. The molecular weight excluding hydrogens is 434 g/mol. The van der Waals surface area contributed by atoms with E-state index in [1.807, 2.05) is 41.8 Å². The topological polar surface area (TPSA) is 74.6 Å². The van der Waals surface area contributed by atoms with Crippen molar-refractivity contribution in [3.63, 3.8) is 0 Å². The van der Waals surface area contributed by atoms with Crippen LogP contribution in [-0.2, 0) is 16.1 Å². The van der Waals surface area contributed by atoms with Gasteiger partial charge < -0.3 is 20.0 Å². The maximum Gasteiger partial charge on any atom is 0.239 e. The molecule has 1 atom stereocenters. The van der Waals surface area contributed by atoms with Gasteiger partial charge in [-0.2, -0.15) is 0 Å². The van der Waals surface area contributed by atoms with E-state index in [2.05, 4.69) is 35.4 Å². The molecule has 0 radical (unpaired) electrons. The van der Waals surface area contributed by atoms with Crippen molar-refractivity contribution in [3.8, 4) is 0 Å². The van der Waals surface area contributed by atoms with Gasteiger partial charge in [-0.1, -0.05) is 32.0 Å². The largest absolute Gasteiger partial charge is 0.467 e. The Balaban J connectivity index is 1.57. The number of amides is 1. The van der Waals surface area contributed by atoms with Gasteiger partial charge in [-0.05, 0) is 47.5 Å². The van der Waals surface area contributed by atoms with Gasteiger partial charge in [0.1, 0.15) is 5.76 Å². The summed E-state index contributed by atoms with van der Waals surface area (Å²) in [6.07, 6.45) is 2.86. The van der Waals surface area contributed by atoms with Gasteiger partial charge in [-0.25, -0.2) is 0 Å². The number of hydrogen-bond acceptors (Lipinski definition) is 6. The highest BCUT2D eigenvalue weighted by Crippen LogP contribution is 2.48. The van der Waals surface area contributed by atoms with Crippen LogP contribution in [-0.4, -0.2) is 18.2 Å². The number of carbonyl (C=O) groups excluding carboxylic acids is 2. The van der Waals surface area contributed by atoms with Gasteiger partial charge in [0.05, 0.1) is 36.8 Å². The Morgan fingerprint density at radius 2 is 2.03 bits per heavy atom. The van der Waals surface area contributed by atoms with Gasteiger partial charge in [-0.3, -0.25) is 9.59 Å². The Labute approximate surface area is 197 Å². The van der Waals surface area contributed by atoms with Crippen LogP contribution in [0.5, 0.6) is 0 Å². The third-order valence-corrected chi connectivity index (χ3v) is 7.10. The number of fused-ring (bicyclic) bond motifs is 1. The molecular formula is C26H27N3O3S. The molecule has 170 valence electrons. The first-order chi connectivity index (χ1) is 15.9. The number of rotatable bonds is 5. The van der Waals surface area contributed by atoms with Gasteiger partial charge >= 0.3 is 0 Å². The van der Waals surface area contributed by atoms with Crippen LogP contribution in [0.4, 0.5) is 11.4 Å². The van der Waals surface area contributed by atoms with E-state index < -0.39 is 0 Å². The second kappa shape index (κ2) is 8.56. The second-order valence-electron chi connectivity index (χ2n) is 9.38. The lowest BCUT2D eigenvalue weighted by Gasteiger charge is -2.37. The summed E-state index contributed by atoms with van der Waals surface area (Å²) >= 11 is 1.61. The molecule has 2 aliphatic rings. The molecule has 1 aliphatic carbocycles. The molecule has 1 aromatic carbocycles. The average molecular weight is 462 g/mol. The van der Waals surface area contributed by atoms with Crippen molar-refractivity contribution in [2.45, 2.75) is 39.3 Å². The molecule has 2 aromatic heterocycles. The van der Waals surface area contributed by atoms with Crippen molar-refractivity contribution in [2.75, 3.05) is 16.8 Å². The van der Waals surface area contributed by atoms with Gasteiger partial charge in [-0.15, -0.1) is 11.3 Å². The standard InChI is InChI=1S/C26H27N3O3S/c1-26(2)13-19-24(21(30)14-26)25(22-10-6-12-33-22)29(20-9-4-3-8-18(20)28-19)16-23(31)27-15-17-7-5-11-32-17/h3-12,25,28H,13-16H2,1-2H3,(H,27,31). The molecule has 0 saturated heterocycles. The molecule has 0 fully saturated rings. The maximum absolute atomic E-state index is 13.5. The van der Waals surface area contributed by atoms with Gasteiger partial charge in [0.2, 0.25) is 5.91 Å². The molecule has 0 saturated carbocycles. The molecule has 1 unspecified atom stereocenters. The average Bonchev–Trinajstić information content (AvgIpc) is 3.46. The first-order valence-corrected chi connectivity index (χ1v) is 12.0. The molecule has 3 aromatic rings. The number of allylic oxidation sites excluding steroid dienone is 1. The van der Waals surface area contributed by atoms with Crippen molar-refractivity contribution in [2.24, 2.45) is 5.41 Å². The van der Waals surface area contributed by atoms with Crippen molar-refractivity contribution in [1.29, 1.82) is 0 Å². The fourth-order valence-corrected chi connectivity index (χ4v) is 5.62. The number of benzene rings is 1. The summed E-state index contributed by atoms with van der Waals surface area (Å²) in [6, 6.07) is 15.3. The SMILES string of the molecule is CC1(C)CC(=O)C2=C(C1)Nc1ccccc1N(CC(=O)NCc1ccco1)C2c1cccs1. The molecule has 1 amide bonds. The number of nitrogens with one attached hydrogen (secondary N) is 2. The Kier molecular flexibility index (Phi) is 5.58. The summed E-state index contributed by atoms with van der Waals surface area (Å²) in [5, 5.41) is 8.55. The molecule has 2 N–H and O–H groups in total. The van der Waals surface area contributed by atoms with Crippen LogP contribution in [0.15, 0.2) is 75.9 Å². The van der Waals surface area contributed by atoms with Crippen molar-refractivity contribution < 1.29 is 14.0 Å². The fraction of sp³-hybridized carbons (Fsp3) is 0.308. The van der Waals surface area contributed by atoms with Crippen LogP contribution in [0.1, 0.15) is 43.4 Å². The minimum atomic E-state index is -0.325. The number of ketones is 1. The number of nitrogens with zero attached hydrogens (tertiary/aromatic N) is 1. The Hall–Kier alpha value is -3.32. The third kappa shape index (κ3) is 4.33. The molecule has 5 rings (SSSR count). The van der Waals surface area contributed by atoms with E-state index in [1.54, 1.807) is 23.7 Å². The number of anilines is 2. The molecule has 6 nitrogen and oxygen atoms in total. The van der Waals surface area contributed by atoms with Crippen molar-refractivity contribution >= 4 is 34.4 Å². The second-order valence-corrected chi connectivity index (χ2v) is 10.4. The highest BCUT2D eigenvalue weighted by molar-refractivity contribution is 7.10. The number of furan rings is 1. The quantitative estimate of drug-likeness (QED) is 0.541. The number of thiophene rings is 1. The molecule has 7 heteroatoms. The zero-order valence-corrected chi connectivity index (χ0v) is 19.6. The molecule has 3 heterocycles. The highest BCUT2D eigenvalue weighted by Gasteiger charge is 2.42. The van der Waals surface area contributed by atoms with Crippen molar-refractivity contribution in [3.05, 3.63) is 82.1 Å². The van der Waals surface area contributed by atoms with Crippen LogP contribution in [0.2, 0.25) is 0 Å².